The Bertz CT molecular complexity index is 739. The summed E-state index contributed by atoms with van der Waals surface area (Å²) in [6.07, 6.45) is 7.37. The molecule has 118 valence electrons. The fraction of sp³-hybridized carbons (Fsp3) is 0.357. The van der Waals surface area contributed by atoms with E-state index >= 15 is 0 Å². The van der Waals surface area contributed by atoms with Crippen molar-refractivity contribution in [3.05, 3.63) is 42.5 Å². The molecule has 23 heavy (non-hydrogen) atoms. The third-order valence-electron chi connectivity index (χ3n) is 4.19. The second-order valence-electron chi connectivity index (χ2n) is 5.55. The van der Waals surface area contributed by atoms with Gasteiger partial charge in [0.05, 0.1) is 30.8 Å². The van der Waals surface area contributed by atoms with E-state index in [0.717, 1.165) is 11.4 Å². The standard InChI is InChI=1S/C14H14FN7S/c15-10-3-19-13(20-4-10)22-6-9-7-23-12(16)21-14(9,8-22)11-5-17-1-2-18-11/h1-5,9H,6-8H2,(H2,16,21)/t9-,14?/m0/s1. The minimum Gasteiger partial charge on any atom is -0.379 e. The fourth-order valence-corrected chi connectivity index (χ4v) is 4.11. The highest BCUT2D eigenvalue weighted by Gasteiger charge is 2.51. The highest BCUT2D eigenvalue weighted by molar-refractivity contribution is 8.13. The summed E-state index contributed by atoms with van der Waals surface area (Å²) in [4.78, 5) is 23.5. The van der Waals surface area contributed by atoms with Gasteiger partial charge in [-0.1, -0.05) is 11.8 Å². The summed E-state index contributed by atoms with van der Waals surface area (Å²) in [6.45, 7) is 1.26. The molecule has 0 aromatic carbocycles. The van der Waals surface area contributed by atoms with Gasteiger partial charge in [-0.15, -0.1) is 0 Å². The van der Waals surface area contributed by atoms with E-state index in [9.17, 15) is 4.39 Å². The first kappa shape index (κ1) is 14.3. The maximum absolute atomic E-state index is 13.1. The fourth-order valence-electron chi connectivity index (χ4n) is 3.12. The molecule has 1 fully saturated rings. The molecule has 2 N–H and O–H groups in total. The zero-order chi connectivity index (χ0) is 15.9. The quantitative estimate of drug-likeness (QED) is 0.870. The number of hydrogen-bond donors (Lipinski definition) is 1. The summed E-state index contributed by atoms with van der Waals surface area (Å²) >= 11 is 1.54. The topological polar surface area (TPSA) is 93.2 Å². The summed E-state index contributed by atoms with van der Waals surface area (Å²) in [7, 11) is 0. The zero-order valence-corrected chi connectivity index (χ0v) is 12.9. The number of fused-ring (bicyclic) bond motifs is 1. The van der Waals surface area contributed by atoms with E-state index < -0.39 is 11.4 Å². The molecule has 7 nitrogen and oxygen atoms in total. The molecule has 1 unspecified atom stereocenters. The van der Waals surface area contributed by atoms with Crippen LogP contribution >= 0.6 is 11.8 Å². The monoisotopic (exact) mass is 331 g/mol. The van der Waals surface area contributed by atoms with Gasteiger partial charge in [0, 0.05) is 30.6 Å². The molecule has 4 rings (SSSR count). The molecule has 2 aromatic heterocycles. The average molecular weight is 331 g/mol. The van der Waals surface area contributed by atoms with Crippen LogP contribution in [0.5, 0.6) is 0 Å². The largest absolute Gasteiger partial charge is 0.379 e. The maximum atomic E-state index is 13.1. The number of amidine groups is 1. The number of halogens is 1. The van der Waals surface area contributed by atoms with Gasteiger partial charge in [-0.3, -0.25) is 9.97 Å². The third kappa shape index (κ3) is 2.40. The first-order valence-corrected chi connectivity index (χ1v) is 8.13. The van der Waals surface area contributed by atoms with E-state index in [0.29, 0.717) is 24.2 Å². The van der Waals surface area contributed by atoms with Gasteiger partial charge in [0.15, 0.2) is 11.0 Å². The van der Waals surface area contributed by atoms with Crippen LogP contribution in [0, 0.1) is 11.7 Å². The lowest BCUT2D eigenvalue weighted by molar-refractivity contribution is 0.375. The molecule has 0 aliphatic carbocycles. The molecule has 0 bridgehead atoms. The molecule has 0 saturated carbocycles. The first-order chi connectivity index (χ1) is 11.2. The molecule has 2 aromatic rings. The number of thioether (sulfide) groups is 1. The Morgan fingerprint density at radius 2 is 2.04 bits per heavy atom. The maximum Gasteiger partial charge on any atom is 0.225 e. The number of aromatic nitrogens is 4. The molecule has 4 heterocycles. The molecule has 0 spiro atoms. The van der Waals surface area contributed by atoms with Crippen LogP contribution in [-0.2, 0) is 5.54 Å². The summed E-state index contributed by atoms with van der Waals surface area (Å²) in [5, 5.41) is 0.550. The van der Waals surface area contributed by atoms with Gasteiger partial charge in [0.1, 0.15) is 5.54 Å². The van der Waals surface area contributed by atoms with Crippen molar-refractivity contribution in [2.24, 2.45) is 16.6 Å². The Morgan fingerprint density at radius 1 is 1.22 bits per heavy atom. The highest BCUT2D eigenvalue weighted by Crippen LogP contribution is 2.44. The number of hydrogen-bond acceptors (Lipinski definition) is 8. The van der Waals surface area contributed by atoms with Crippen LogP contribution in [0.15, 0.2) is 36.0 Å². The number of nitrogens with two attached hydrogens (primary N) is 1. The molecule has 2 aliphatic rings. The van der Waals surface area contributed by atoms with Crippen LogP contribution in [0.2, 0.25) is 0 Å². The van der Waals surface area contributed by atoms with Gasteiger partial charge in [-0.05, 0) is 0 Å². The van der Waals surface area contributed by atoms with Crippen LogP contribution in [0.3, 0.4) is 0 Å². The summed E-state index contributed by atoms with van der Waals surface area (Å²) in [5.41, 5.74) is 6.22. The molecule has 0 radical (unpaired) electrons. The Kier molecular flexibility index (Phi) is 3.37. The number of aliphatic imine (C=N–C) groups is 1. The van der Waals surface area contributed by atoms with Gasteiger partial charge in [0.25, 0.3) is 0 Å². The Hall–Kier alpha value is -2.29. The van der Waals surface area contributed by atoms with E-state index in [1.54, 1.807) is 18.6 Å². The van der Waals surface area contributed by atoms with E-state index in [4.69, 9.17) is 10.7 Å². The van der Waals surface area contributed by atoms with Gasteiger partial charge < -0.3 is 10.6 Å². The van der Waals surface area contributed by atoms with Gasteiger partial charge in [0.2, 0.25) is 5.95 Å². The van der Waals surface area contributed by atoms with Crippen molar-refractivity contribution in [3.8, 4) is 0 Å². The van der Waals surface area contributed by atoms with Gasteiger partial charge in [-0.25, -0.2) is 19.4 Å². The number of nitrogens with zero attached hydrogens (tertiary/aromatic N) is 6. The van der Waals surface area contributed by atoms with E-state index in [-0.39, 0.29) is 5.92 Å². The third-order valence-corrected chi connectivity index (χ3v) is 5.14. The molecule has 1 saturated heterocycles. The van der Waals surface area contributed by atoms with Crippen molar-refractivity contribution in [1.29, 1.82) is 0 Å². The van der Waals surface area contributed by atoms with Crippen LogP contribution in [0.25, 0.3) is 0 Å². The lowest BCUT2D eigenvalue weighted by Gasteiger charge is -2.33. The summed E-state index contributed by atoms with van der Waals surface area (Å²) < 4.78 is 13.1. The number of anilines is 1. The molecule has 2 atom stereocenters. The normalized spacial score (nSPS) is 26.7. The number of rotatable bonds is 2. The minimum absolute atomic E-state index is 0.213. The first-order valence-electron chi connectivity index (χ1n) is 7.14. The van der Waals surface area contributed by atoms with Crippen molar-refractivity contribution in [2.75, 3.05) is 23.7 Å². The lowest BCUT2D eigenvalue weighted by Crippen LogP contribution is -2.40. The van der Waals surface area contributed by atoms with Crippen molar-refractivity contribution in [3.63, 3.8) is 0 Å². The van der Waals surface area contributed by atoms with Gasteiger partial charge in [-0.2, -0.15) is 0 Å². The van der Waals surface area contributed by atoms with E-state index in [1.165, 1.54) is 24.2 Å². The molecular formula is C14H14FN7S. The van der Waals surface area contributed by atoms with Crippen LogP contribution in [0.4, 0.5) is 10.3 Å². The second-order valence-corrected chi connectivity index (χ2v) is 6.59. The predicted octanol–water partition coefficient (Wildman–Crippen LogP) is 0.799. The Morgan fingerprint density at radius 3 is 2.78 bits per heavy atom. The molecule has 9 heteroatoms. The minimum atomic E-state index is -0.554. The SMILES string of the molecule is NC1=NC2(c3cnccn3)CN(c3ncc(F)cn3)C[C@H]2CS1. The van der Waals surface area contributed by atoms with E-state index in [1.807, 2.05) is 4.90 Å². The second kappa shape index (κ2) is 5.41. The Labute approximate surface area is 136 Å². The Balaban J connectivity index is 1.75. The predicted molar refractivity (Wildman–Crippen MR) is 85.5 cm³/mol. The van der Waals surface area contributed by atoms with Crippen molar-refractivity contribution < 1.29 is 4.39 Å². The summed E-state index contributed by atoms with van der Waals surface area (Å²) in [6, 6.07) is 0. The molecular weight excluding hydrogens is 317 g/mol. The lowest BCUT2D eigenvalue weighted by atomic mass is 9.86. The average Bonchev–Trinajstić information content (AvgIpc) is 2.96. The van der Waals surface area contributed by atoms with Gasteiger partial charge >= 0.3 is 0 Å². The van der Waals surface area contributed by atoms with Crippen molar-refractivity contribution >= 4 is 22.9 Å². The zero-order valence-electron chi connectivity index (χ0n) is 12.1. The smallest absolute Gasteiger partial charge is 0.225 e. The summed E-state index contributed by atoms with van der Waals surface area (Å²) in [5.74, 6) is 1.09. The van der Waals surface area contributed by atoms with Crippen LogP contribution in [-0.4, -0.2) is 43.9 Å². The molecule has 0 amide bonds. The van der Waals surface area contributed by atoms with Crippen molar-refractivity contribution in [1.82, 2.24) is 19.9 Å². The van der Waals surface area contributed by atoms with Crippen molar-refractivity contribution in [2.45, 2.75) is 5.54 Å². The highest BCUT2D eigenvalue weighted by atomic mass is 32.2. The van der Waals surface area contributed by atoms with E-state index in [2.05, 4.69) is 19.9 Å². The van der Waals surface area contributed by atoms with Crippen LogP contribution < -0.4 is 10.6 Å². The molecule has 2 aliphatic heterocycles. The van der Waals surface area contributed by atoms with Crippen LogP contribution in [0.1, 0.15) is 5.69 Å².